The van der Waals surface area contributed by atoms with Gasteiger partial charge in [-0.05, 0) is 29.5 Å². The van der Waals surface area contributed by atoms with Gasteiger partial charge in [-0.25, -0.2) is 10.9 Å². The highest BCUT2D eigenvalue weighted by atomic mass is 32.2. The number of benzene rings is 2. The first kappa shape index (κ1) is 17.8. The molecule has 0 bridgehead atoms. The molecule has 5 nitrogen and oxygen atoms in total. The van der Waals surface area contributed by atoms with Crippen LogP contribution in [0.1, 0.15) is 23.6 Å². The number of thioether (sulfide) groups is 1. The number of aliphatic imine (C=N–C) groups is 1. The van der Waals surface area contributed by atoms with Crippen molar-refractivity contribution in [1.29, 1.82) is 0 Å². The Labute approximate surface area is 153 Å². The Morgan fingerprint density at radius 2 is 2.04 bits per heavy atom. The predicted molar refractivity (Wildman–Crippen MR) is 105 cm³/mol. The van der Waals surface area contributed by atoms with E-state index in [1.165, 1.54) is 11.1 Å². The number of ether oxygens (including phenoxy) is 1. The van der Waals surface area contributed by atoms with Crippen molar-refractivity contribution >= 4 is 16.9 Å². The Morgan fingerprint density at radius 3 is 2.80 bits per heavy atom. The molecular weight excluding hydrogens is 332 g/mol. The third-order valence-corrected chi connectivity index (χ3v) is 4.77. The molecule has 0 radical (unpaired) electrons. The predicted octanol–water partition coefficient (Wildman–Crippen LogP) is 3.07. The summed E-state index contributed by atoms with van der Waals surface area (Å²) >= 11 is 1.63. The van der Waals surface area contributed by atoms with Gasteiger partial charge in [0.05, 0.1) is 19.8 Å². The van der Waals surface area contributed by atoms with Crippen LogP contribution in [0, 0.1) is 0 Å². The van der Waals surface area contributed by atoms with E-state index in [4.69, 9.17) is 4.74 Å². The van der Waals surface area contributed by atoms with Gasteiger partial charge >= 0.3 is 0 Å². The molecule has 3 N–H and O–H groups in total. The molecule has 0 amide bonds. The van der Waals surface area contributed by atoms with Crippen molar-refractivity contribution in [1.82, 2.24) is 16.2 Å². The van der Waals surface area contributed by atoms with Gasteiger partial charge in [0.2, 0.25) is 0 Å². The van der Waals surface area contributed by atoms with Crippen LogP contribution in [0.2, 0.25) is 0 Å². The second-order valence-electron chi connectivity index (χ2n) is 5.86. The summed E-state index contributed by atoms with van der Waals surface area (Å²) in [6.45, 7) is 0.684. The molecule has 132 valence electrons. The second-order valence-corrected chi connectivity index (χ2v) is 6.66. The Morgan fingerprint density at radius 1 is 1.20 bits per heavy atom. The van der Waals surface area contributed by atoms with Crippen LogP contribution in [0.25, 0.3) is 0 Å². The highest BCUT2D eigenvalue weighted by Crippen LogP contribution is 2.24. The van der Waals surface area contributed by atoms with Crippen molar-refractivity contribution in [2.45, 2.75) is 25.2 Å². The zero-order valence-corrected chi connectivity index (χ0v) is 15.3. The van der Waals surface area contributed by atoms with Crippen LogP contribution in [-0.2, 0) is 6.54 Å². The summed E-state index contributed by atoms with van der Waals surface area (Å²) in [5.74, 6) is 0.880. The summed E-state index contributed by atoms with van der Waals surface area (Å²) < 4.78 is 5.31. The van der Waals surface area contributed by atoms with E-state index < -0.39 is 0 Å². The molecule has 1 aliphatic heterocycles. The molecule has 1 fully saturated rings. The van der Waals surface area contributed by atoms with Crippen molar-refractivity contribution in [2.75, 3.05) is 13.4 Å². The quantitative estimate of drug-likeness (QED) is 0.568. The smallest absolute Gasteiger partial charge is 0.157 e. The molecule has 2 unspecified atom stereocenters. The highest BCUT2D eigenvalue weighted by molar-refractivity contribution is 8.13. The van der Waals surface area contributed by atoms with E-state index in [1.54, 1.807) is 18.9 Å². The van der Waals surface area contributed by atoms with Crippen molar-refractivity contribution in [2.24, 2.45) is 4.99 Å². The average Bonchev–Trinajstić information content (AvgIpc) is 3.14. The molecule has 0 saturated carbocycles. The van der Waals surface area contributed by atoms with Crippen LogP contribution in [0.4, 0.5) is 0 Å². The molecule has 1 aliphatic rings. The summed E-state index contributed by atoms with van der Waals surface area (Å²) in [5, 5.41) is 4.41. The number of nitrogens with zero attached hydrogens (tertiary/aromatic N) is 1. The minimum Gasteiger partial charge on any atom is -0.497 e. The molecular formula is C19H24N4OS. The van der Waals surface area contributed by atoms with Gasteiger partial charge in [0.25, 0.3) is 0 Å². The highest BCUT2D eigenvalue weighted by Gasteiger charge is 2.25. The SMILES string of the molecule is COc1cccc(C2CC(NC(=NCc3ccccc3)SC)NN2)c1. The second kappa shape index (κ2) is 8.89. The van der Waals surface area contributed by atoms with Gasteiger partial charge in [0, 0.05) is 12.5 Å². The summed E-state index contributed by atoms with van der Waals surface area (Å²) in [7, 11) is 1.69. The van der Waals surface area contributed by atoms with E-state index in [-0.39, 0.29) is 12.2 Å². The van der Waals surface area contributed by atoms with E-state index in [1.807, 2.05) is 36.6 Å². The molecule has 25 heavy (non-hydrogen) atoms. The van der Waals surface area contributed by atoms with E-state index in [0.717, 1.165) is 17.3 Å². The van der Waals surface area contributed by atoms with Gasteiger partial charge in [-0.1, -0.05) is 54.2 Å². The molecule has 0 spiro atoms. The number of hydrazine groups is 1. The Kier molecular flexibility index (Phi) is 6.33. The molecule has 2 aromatic carbocycles. The van der Waals surface area contributed by atoms with Gasteiger partial charge in [-0.15, -0.1) is 0 Å². The van der Waals surface area contributed by atoms with Crippen molar-refractivity contribution in [3.05, 3.63) is 65.7 Å². The molecule has 2 atom stereocenters. The van der Waals surface area contributed by atoms with Crippen LogP contribution >= 0.6 is 11.8 Å². The third-order valence-electron chi connectivity index (χ3n) is 4.14. The number of hydrogen-bond acceptors (Lipinski definition) is 5. The van der Waals surface area contributed by atoms with Gasteiger partial charge in [-0.2, -0.15) is 0 Å². The number of hydrogen-bond donors (Lipinski definition) is 3. The summed E-state index contributed by atoms with van der Waals surface area (Å²) in [6.07, 6.45) is 3.11. The average molecular weight is 356 g/mol. The molecule has 1 saturated heterocycles. The lowest BCUT2D eigenvalue weighted by molar-refractivity contribution is 0.413. The first-order valence-electron chi connectivity index (χ1n) is 8.32. The largest absolute Gasteiger partial charge is 0.497 e. The summed E-state index contributed by atoms with van der Waals surface area (Å²) in [6, 6.07) is 18.7. The first-order chi connectivity index (χ1) is 12.3. The topological polar surface area (TPSA) is 57.7 Å². The fourth-order valence-electron chi connectivity index (χ4n) is 2.79. The molecule has 0 aliphatic carbocycles. The van der Waals surface area contributed by atoms with Gasteiger partial charge < -0.3 is 10.1 Å². The van der Waals surface area contributed by atoms with Crippen LogP contribution in [0.15, 0.2) is 59.6 Å². The Balaban J connectivity index is 1.57. The van der Waals surface area contributed by atoms with E-state index in [2.05, 4.69) is 45.4 Å². The minimum absolute atomic E-state index is 0.137. The zero-order chi connectivity index (χ0) is 17.5. The lowest BCUT2D eigenvalue weighted by Crippen LogP contribution is -2.43. The lowest BCUT2D eigenvalue weighted by atomic mass is 10.0. The monoisotopic (exact) mass is 356 g/mol. The number of rotatable bonds is 5. The standard InChI is InChI=1S/C19H24N4OS/c1-24-16-10-6-9-15(11-16)17-12-18(23-22-17)21-19(25-2)20-13-14-7-4-3-5-8-14/h3-11,17-18,22-23H,12-13H2,1-2H3,(H,20,21). The maximum Gasteiger partial charge on any atom is 0.157 e. The number of methoxy groups -OCH3 is 1. The summed E-state index contributed by atoms with van der Waals surface area (Å²) in [5.41, 5.74) is 9.08. The molecule has 1 heterocycles. The zero-order valence-electron chi connectivity index (χ0n) is 14.5. The first-order valence-corrected chi connectivity index (χ1v) is 9.55. The van der Waals surface area contributed by atoms with E-state index in [0.29, 0.717) is 6.54 Å². The minimum atomic E-state index is 0.137. The normalized spacial score (nSPS) is 20.5. The molecule has 6 heteroatoms. The molecule has 0 aromatic heterocycles. The number of nitrogens with one attached hydrogen (secondary N) is 3. The fourth-order valence-corrected chi connectivity index (χ4v) is 3.25. The Bertz CT molecular complexity index is 708. The van der Waals surface area contributed by atoms with Crippen LogP contribution in [0.3, 0.4) is 0 Å². The molecule has 2 aromatic rings. The Hall–Kier alpha value is -2.02. The van der Waals surface area contributed by atoms with Crippen LogP contribution in [-0.4, -0.2) is 24.7 Å². The van der Waals surface area contributed by atoms with Gasteiger partial charge in [0.15, 0.2) is 5.17 Å². The van der Waals surface area contributed by atoms with Gasteiger partial charge in [0.1, 0.15) is 5.75 Å². The lowest BCUT2D eigenvalue weighted by Gasteiger charge is -2.14. The fraction of sp³-hybridized carbons (Fsp3) is 0.316. The maximum absolute atomic E-state index is 5.31. The number of amidine groups is 1. The van der Waals surface area contributed by atoms with E-state index >= 15 is 0 Å². The van der Waals surface area contributed by atoms with Crippen molar-refractivity contribution in [3.63, 3.8) is 0 Å². The maximum atomic E-state index is 5.31. The van der Waals surface area contributed by atoms with Crippen LogP contribution < -0.4 is 20.9 Å². The van der Waals surface area contributed by atoms with E-state index in [9.17, 15) is 0 Å². The van der Waals surface area contributed by atoms with Crippen molar-refractivity contribution in [3.8, 4) is 5.75 Å². The molecule has 3 rings (SSSR count). The summed E-state index contributed by atoms with van der Waals surface area (Å²) in [4.78, 5) is 4.68. The van der Waals surface area contributed by atoms with Gasteiger partial charge in [-0.3, -0.25) is 4.99 Å². The third kappa shape index (κ3) is 4.98. The van der Waals surface area contributed by atoms with Crippen LogP contribution in [0.5, 0.6) is 5.75 Å². The van der Waals surface area contributed by atoms with Crippen molar-refractivity contribution < 1.29 is 4.74 Å².